The first kappa shape index (κ1) is 20.4. The Morgan fingerprint density at radius 1 is 1.26 bits per heavy atom. The van der Waals surface area contributed by atoms with Crippen molar-refractivity contribution in [1.29, 1.82) is 0 Å². The molecule has 0 aliphatic heterocycles. The van der Waals surface area contributed by atoms with E-state index >= 15 is 0 Å². The molecule has 1 aromatic heterocycles. The number of rotatable bonds is 8. The summed E-state index contributed by atoms with van der Waals surface area (Å²) in [6.45, 7) is 5.70. The van der Waals surface area contributed by atoms with Gasteiger partial charge in [0.05, 0.1) is 24.9 Å². The molecule has 8 nitrogen and oxygen atoms in total. The van der Waals surface area contributed by atoms with E-state index in [0.717, 1.165) is 5.56 Å². The average Bonchev–Trinajstić information content (AvgIpc) is 3.00. The third-order valence-corrected chi connectivity index (χ3v) is 3.53. The van der Waals surface area contributed by atoms with Crippen LogP contribution in [0.15, 0.2) is 42.9 Å². The van der Waals surface area contributed by atoms with Crippen LogP contribution in [0.5, 0.6) is 0 Å². The number of alkyl carbamates (subject to hydrolysis) is 1. The van der Waals surface area contributed by atoms with E-state index in [1.807, 2.05) is 30.3 Å². The van der Waals surface area contributed by atoms with E-state index in [2.05, 4.69) is 10.3 Å². The third kappa shape index (κ3) is 7.10. The Morgan fingerprint density at radius 2 is 1.96 bits per heavy atom. The normalized spacial score (nSPS) is 12.4. The standard InChI is InChI=1S/C19H25N3O5/c1-19(2,3)27-18(25)21-16(17(23)24)9-15-10-20-12-22(15)13-26-11-14-7-5-4-6-8-14/h4-8,10,12,16H,9,11,13H2,1-3H3,(H,21,25)(H,23,24)/p-1/t16-/m0/s1. The van der Waals surface area contributed by atoms with Crippen LogP contribution >= 0.6 is 0 Å². The molecule has 2 aromatic rings. The van der Waals surface area contributed by atoms with E-state index in [-0.39, 0.29) is 13.2 Å². The number of carboxylic acids is 1. The van der Waals surface area contributed by atoms with Gasteiger partial charge in [0.2, 0.25) is 0 Å². The Kier molecular flexibility index (Phi) is 6.95. The van der Waals surface area contributed by atoms with Crippen molar-refractivity contribution in [3.8, 4) is 0 Å². The zero-order valence-electron chi connectivity index (χ0n) is 15.7. The van der Waals surface area contributed by atoms with Crippen molar-refractivity contribution in [2.75, 3.05) is 0 Å². The summed E-state index contributed by atoms with van der Waals surface area (Å²) in [4.78, 5) is 27.3. The van der Waals surface area contributed by atoms with E-state index in [4.69, 9.17) is 9.47 Å². The van der Waals surface area contributed by atoms with Gasteiger partial charge >= 0.3 is 6.09 Å². The van der Waals surface area contributed by atoms with E-state index < -0.39 is 23.7 Å². The minimum atomic E-state index is -1.40. The molecular formula is C19H24N3O5-. The second kappa shape index (κ2) is 9.18. The van der Waals surface area contributed by atoms with Gasteiger partial charge in [-0.15, -0.1) is 0 Å². The van der Waals surface area contributed by atoms with Crippen molar-refractivity contribution in [3.63, 3.8) is 0 Å². The number of carboxylic acid groups (broad SMARTS) is 1. The van der Waals surface area contributed by atoms with Crippen LogP contribution in [0.3, 0.4) is 0 Å². The molecule has 0 aliphatic rings. The molecule has 146 valence electrons. The van der Waals surface area contributed by atoms with Gasteiger partial charge in [0.15, 0.2) is 0 Å². The number of imidazole rings is 1. The largest absolute Gasteiger partial charge is 0.548 e. The van der Waals surface area contributed by atoms with E-state index in [0.29, 0.717) is 12.3 Å². The van der Waals surface area contributed by atoms with E-state index in [1.165, 1.54) is 6.20 Å². The van der Waals surface area contributed by atoms with Gasteiger partial charge in [0, 0.05) is 18.3 Å². The topological polar surface area (TPSA) is 106 Å². The van der Waals surface area contributed by atoms with Crippen molar-refractivity contribution in [3.05, 3.63) is 54.1 Å². The minimum Gasteiger partial charge on any atom is -0.548 e. The molecule has 0 unspecified atom stereocenters. The first-order chi connectivity index (χ1) is 12.7. The molecule has 1 amide bonds. The van der Waals surface area contributed by atoms with Crippen molar-refractivity contribution < 1.29 is 24.2 Å². The Bertz CT molecular complexity index is 752. The highest BCUT2D eigenvalue weighted by Crippen LogP contribution is 2.09. The molecule has 8 heteroatoms. The average molecular weight is 374 g/mol. The van der Waals surface area contributed by atoms with Crippen LogP contribution in [-0.2, 0) is 34.0 Å². The van der Waals surface area contributed by atoms with Gasteiger partial charge in [0.1, 0.15) is 12.3 Å². The van der Waals surface area contributed by atoms with Crippen LogP contribution in [0.2, 0.25) is 0 Å². The van der Waals surface area contributed by atoms with Gasteiger partial charge in [0.25, 0.3) is 0 Å². The minimum absolute atomic E-state index is 0.00370. The quantitative estimate of drug-likeness (QED) is 0.745. The lowest BCUT2D eigenvalue weighted by Crippen LogP contribution is -2.50. The number of carbonyl (C=O) groups excluding carboxylic acids is 2. The molecule has 0 bridgehead atoms. The van der Waals surface area contributed by atoms with Crippen LogP contribution in [0.25, 0.3) is 0 Å². The van der Waals surface area contributed by atoms with Crippen LogP contribution in [0.1, 0.15) is 32.0 Å². The fourth-order valence-corrected chi connectivity index (χ4v) is 2.32. The van der Waals surface area contributed by atoms with Crippen LogP contribution < -0.4 is 10.4 Å². The zero-order chi connectivity index (χ0) is 19.9. The lowest BCUT2D eigenvalue weighted by molar-refractivity contribution is -0.308. The lowest BCUT2D eigenvalue weighted by atomic mass is 10.1. The van der Waals surface area contributed by atoms with Crippen molar-refractivity contribution >= 4 is 12.1 Å². The maximum Gasteiger partial charge on any atom is 0.408 e. The van der Waals surface area contributed by atoms with Crippen LogP contribution in [-0.4, -0.2) is 33.3 Å². The fourth-order valence-electron chi connectivity index (χ4n) is 2.32. The molecule has 0 aliphatic carbocycles. The lowest BCUT2D eigenvalue weighted by Gasteiger charge is -2.24. The first-order valence-corrected chi connectivity index (χ1v) is 8.55. The molecule has 0 saturated heterocycles. The Labute approximate surface area is 158 Å². The molecule has 1 heterocycles. The summed E-state index contributed by atoms with van der Waals surface area (Å²) in [6.07, 6.45) is 2.25. The molecule has 1 atom stereocenters. The van der Waals surface area contributed by atoms with Crippen LogP contribution in [0, 0.1) is 0 Å². The summed E-state index contributed by atoms with van der Waals surface area (Å²) < 4.78 is 12.4. The second-order valence-corrected chi connectivity index (χ2v) is 7.04. The summed E-state index contributed by atoms with van der Waals surface area (Å²) in [5.74, 6) is -1.40. The summed E-state index contributed by atoms with van der Waals surface area (Å²) >= 11 is 0. The third-order valence-electron chi connectivity index (χ3n) is 3.53. The number of hydrogen-bond donors (Lipinski definition) is 1. The van der Waals surface area contributed by atoms with Gasteiger partial charge in [-0.1, -0.05) is 30.3 Å². The number of carbonyl (C=O) groups is 2. The first-order valence-electron chi connectivity index (χ1n) is 8.55. The van der Waals surface area contributed by atoms with E-state index in [1.54, 1.807) is 31.7 Å². The Morgan fingerprint density at radius 3 is 2.59 bits per heavy atom. The highest BCUT2D eigenvalue weighted by molar-refractivity contribution is 5.79. The molecule has 1 aromatic carbocycles. The zero-order valence-corrected chi connectivity index (χ0v) is 15.7. The highest BCUT2D eigenvalue weighted by atomic mass is 16.6. The highest BCUT2D eigenvalue weighted by Gasteiger charge is 2.21. The number of ether oxygens (including phenoxy) is 2. The van der Waals surface area contributed by atoms with E-state index in [9.17, 15) is 14.7 Å². The maximum absolute atomic E-state index is 11.8. The maximum atomic E-state index is 11.8. The van der Waals surface area contributed by atoms with Gasteiger partial charge in [-0.3, -0.25) is 0 Å². The van der Waals surface area contributed by atoms with Crippen molar-refractivity contribution in [2.45, 2.75) is 52.2 Å². The molecule has 1 N–H and O–H groups in total. The SMILES string of the molecule is CC(C)(C)OC(=O)N[C@@H](Cc1cncn1COCc1ccccc1)C(=O)[O-]. The van der Waals surface area contributed by atoms with Gasteiger partial charge < -0.3 is 29.3 Å². The molecule has 0 saturated carbocycles. The predicted molar refractivity (Wildman–Crippen MR) is 95.3 cm³/mol. The van der Waals surface area contributed by atoms with Gasteiger partial charge in [-0.25, -0.2) is 9.78 Å². The number of aliphatic carboxylic acids is 1. The van der Waals surface area contributed by atoms with Crippen LogP contribution in [0.4, 0.5) is 4.79 Å². The summed E-state index contributed by atoms with van der Waals surface area (Å²) in [7, 11) is 0. The summed E-state index contributed by atoms with van der Waals surface area (Å²) in [6, 6.07) is 8.43. The van der Waals surface area contributed by atoms with Gasteiger partial charge in [-0.05, 0) is 26.3 Å². The monoisotopic (exact) mass is 374 g/mol. The van der Waals surface area contributed by atoms with Gasteiger partial charge in [-0.2, -0.15) is 0 Å². The summed E-state index contributed by atoms with van der Waals surface area (Å²) in [5.41, 5.74) is 0.889. The van der Waals surface area contributed by atoms with Crippen molar-refractivity contribution in [2.24, 2.45) is 0 Å². The molecule has 27 heavy (non-hydrogen) atoms. The number of amides is 1. The Balaban J connectivity index is 1.93. The number of benzene rings is 1. The number of aromatic nitrogens is 2. The molecular weight excluding hydrogens is 350 g/mol. The molecule has 0 radical (unpaired) electrons. The number of hydrogen-bond acceptors (Lipinski definition) is 6. The molecule has 2 rings (SSSR count). The molecule has 0 fully saturated rings. The number of nitrogens with zero attached hydrogens (tertiary/aromatic N) is 2. The number of nitrogens with one attached hydrogen (secondary N) is 1. The second-order valence-electron chi connectivity index (χ2n) is 7.04. The van der Waals surface area contributed by atoms with Crippen molar-refractivity contribution in [1.82, 2.24) is 14.9 Å². The predicted octanol–water partition coefficient (Wildman–Crippen LogP) is 1.24. The molecule has 0 spiro atoms. The Hall–Kier alpha value is -2.87. The smallest absolute Gasteiger partial charge is 0.408 e. The fraction of sp³-hybridized carbons (Fsp3) is 0.421. The summed E-state index contributed by atoms with van der Waals surface area (Å²) in [5, 5.41) is 13.7.